The zero-order valence-electron chi connectivity index (χ0n) is 13.0. The molecule has 1 atom stereocenters. The van der Waals surface area contributed by atoms with Gasteiger partial charge < -0.3 is 4.52 Å². The Bertz CT molecular complexity index is 557. The first kappa shape index (κ1) is 14.3. The van der Waals surface area contributed by atoms with E-state index in [0.717, 1.165) is 18.0 Å². The van der Waals surface area contributed by atoms with E-state index in [9.17, 15) is 0 Å². The number of rotatable bonds is 5. The van der Waals surface area contributed by atoms with Crippen molar-refractivity contribution in [2.45, 2.75) is 52.1 Å². The topological polar surface area (TPSA) is 29.3 Å². The van der Waals surface area contributed by atoms with E-state index in [0.29, 0.717) is 6.04 Å². The second-order valence-electron chi connectivity index (χ2n) is 6.09. The summed E-state index contributed by atoms with van der Waals surface area (Å²) in [4.78, 5) is 2.61. The lowest BCUT2D eigenvalue weighted by molar-refractivity contribution is 0.233. The minimum absolute atomic E-state index is 0.693. The Morgan fingerprint density at radius 3 is 2.76 bits per heavy atom. The molecule has 1 aliphatic heterocycles. The maximum atomic E-state index is 5.29. The molecule has 3 heteroatoms. The van der Waals surface area contributed by atoms with Gasteiger partial charge in [0, 0.05) is 18.2 Å². The van der Waals surface area contributed by atoms with Gasteiger partial charge in [0.05, 0.1) is 5.69 Å². The molecule has 2 aromatic rings. The summed E-state index contributed by atoms with van der Waals surface area (Å²) in [6, 6.07) is 11.5. The minimum atomic E-state index is 0.693. The van der Waals surface area contributed by atoms with Gasteiger partial charge in [-0.1, -0.05) is 35.5 Å². The molecule has 0 aliphatic carbocycles. The van der Waals surface area contributed by atoms with Crippen LogP contribution >= 0.6 is 0 Å². The second-order valence-corrected chi connectivity index (χ2v) is 6.09. The van der Waals surface area contributed by atoms with E-state index in [4.69, 9.17) is 4.52 Å². The Hall–Kier alpha value is -1.61. The van der Waals surface area contributed by atoms with E-state index in [1.54, 1.807) is 0 Å². The number of nitrogens with zero attached hydrogens (tertiary/aromatic N) is 2. The van der Waals surface area contributed by atoms with Crippen LogP contribution in [0.5, 0.6) is 0 Å². The summed E-state index contributed by atoms with van der Waals surface area (Å²) in [6.07, 6.45) is 5.04. The smallest absolute Gasteiger partial charge is 0.138 e. The maximum absolute atomic E-state index is 5.29. The van der Waals surface area contributed by atoms with Gasteiger partial charge in [-0.15, -0.1) is 0 Å². The van der Waals surface area contributed by atoms with Gasteiger partial charge in [-0.3, -0.25) is 4.90 Å². The quantitative estimate of drug-likeness (QED) is 0.834. The highest BCUT2D eigenvalue weighted by molar-refractivity contribution is 5.21. The number of hydrogen-bond donors (Lipinski definition) is 0. The van der Waals surface area contributed by atoms with Crippen LogP contribution in [0.15, 0.2) is 34.9 Å². The fourth-order valence-corrected chi connectivity index (χ4v) is 3.34. The van der Waals surface area contributed by atoms with E-state index in [1.807, 2.05) is 13.8 Å². The Balaban J connectivity index is 1.60. The molecule has 0 amide bonds. The highest BCUT2D eigenvalue weighted by atomic mass is 16.5. The molecule has 0 N–H and O–H groups in total. The summed E-state index contributed by atoms with van der Waals surface area (Å²) in [5.74, 6) is 0.973. The summed E-state index contributed by atoms with van der Waals surface area (Å²) in [6.45, 7) is 6.25. The normalized spacial score (nSPS) is 19.2. The third-order valence-corrected chi connectivity index (χ3v) is 4.65. The van der Waals surface area contributed by atoms with Gasteiger partial charge in [-0.05, 0) is 51.6 Å². The Kier molecular flexibility index (Phi) is 4.39. The van der Waals surface area contributed by atoms with Crippen molar-refractivity contribution in [3.8, 4) is 0 Å². The van der Waals surface area contributed by atoms with Crippen LogP contribution in [0, 0.1) is 13.8 Å². The van der Waals surface area contributed by atoms with Crippen molar-refractivity contribution in [3.05, 3.63) is 52.9 Å². The first-order valence-corrected chi connectivity index (χ1v) is 7.94. The third-order valence-electron chi connectivity index (χ3n) is 4.65. The first-order valence-electron chi connectivity index (χ1n) is 7.94. The monoisotopic (exact) mass is 284 g/mol. The van der Waals surface area contributed by atoms with Crippen molar-refractivity contribution in [1.82, 2.24) is 10.1 Å². The van der Waals surface area contributed by atoms with Gasteiger partial charge in [0.25, 0.3) is 0 Å². The van der Waals surface area contributed by atoms with Crippen LogP contribution in [0.2, 0.25) is 0 Å². The van der Waals surface area contributed by atoms with Gasteiger partial charge in [0.15, 0.2) is 0 Å². The molecule has 0 bridgehead atoms. The SMILES string of the molecule is Cc1noc(C)c1CN1CCC[C@H]1CCc1ccccc1. The number of likely N-dealkylation sites (tertiary alicyclic amines) is 1. The van der Waals surface area contributed by atoms with Gasteiger partial charge in [0.1, 0.15) is 5.76 Å². The van der Waals surface area contributed by atoms with Crippen molar-refractivity contribution in [2.75, 3.05) is 6.54 Å². The Labute approximate surface area is 126 Å². The lowest BCUT2D eigenvalue weighted by atomic mass is 10.0. The predicted molar refractivity (Wildman–Crippen MR) is 84.2 cm³/mol. The number of aryl methyl sites for hydroxylation is 3. The highest BCUT2D eigenvalue weighted by Crippen LogP contribution is 2.25. The van der Waals surface area contributed by atoms with Crippen molar-refractivity contribution in [2.24, 2.45) is 0 Å². The molecule has 21 heavy (non-hydrogen) atoms. The molecule has 1 aromatic heterocycles. The first-order chi connectivity index (χ1) is 10.2. The maximum Gasteiger partial charge on any atom is 0.138 e. The van der Waals surface area contributed by atoms with E-state index in [2.05, 4.69) is 40.4 Å². The third kappa shape index (κ3) is 3.35. The fraction of sp³-hybridized carbons (Fsp3) is 0.500. The number of aromatic nitrogens is 1. The van der Waals surface area contributed by atoms with Gasteiger partial charge in [-0.2, -0.15) is 0 Å². The van der Waals surface area contributed by atoms with Crippen molar-refractivity contribution >= 4 is 0 Å². The zero-order chi connectivity index (χ0) is 14.7. The lowest BCUT2D eigenvalue weighted by Gasteiger charge is -2.24. The van der Waals surface area contributed by atoms with E-state index in [-0.39, 0.29) is 0 Å². The zero-order valence-corrected chi connectivity index (χ0v) is 13.0. The van der Waals surface area contributed by atoms with Crippen molar-refractivity contribution in [1.29, 1.82) is 0 Å². The van der Waals surface area contributed by atoms with E-state index >= 15 is 0 Å². The number of hydrogen-bond acceptors (Lipinski definition) is 3. The second kappa shape index (κ2) is 6.44. The predicted octanol–water partition coefficient (Wildman–Crippen LogP) is 3.89. The van der Waals surface area contributed by atoms with Crippen LogP contribution in [0.4, 0.5) is 0 Å². The molecule has 2 heterocycles. The molecule has 112 valence electrons. The van der Waals surface area contributed by atoms with Crippen molar-refractivity contribution in [3.63, 3.8) is 0 Å². The lowest BCUT2D eigenvalue weighted by Crippen LogP contribution is -2.29. The highest BCUT2D eigenvalue weighted by Gasteiger charge is 2.26. The van der Waals surface area contributed by atoms with Crippen LogP contribution in [0.1, 0.15) is 41.8 Å². The molecular formula is C18H24N2O. The summed E-state index contributed by atoms with van der Waals surface area (Å²) in [5.41, 5.74) is 3.77. The molecular weight excluding hydrogens is 260 g/mol. The molecule has 0 unspecified atom stereocenters. The molecule has 3 nitrogen and oxygen atoms in total. The largest absolute Gasteiger partial charge is 0.361 e. The standard InChI is InChI=1S/C18H24N2O/c1-14-18(15(2)21-19-14)13-20-12-6-9-17(20)11-10-16-7-4-3-5-8-16/h3-5,7-8,17H,6,9-13H2,1-2H3/t17-/m0/s1. The van der Waals surface area contributed by atoms with Gasteiger partial charge in [-0.25, -0.2) is 0 Å². The van der Waals surface area contributed by atoms with Crippen LogP contribution in [-0.4, -0.2) is 22.6 Å². The molecule has 1 aliphatic rings. The number of benzene rings is 1. The molecule has 3 rings (SSSR count). The van der Waals surface area contributed by atoms with Crippen LogP contribution in [-0.2, 0) is 13.0 Å². The molecule has 1 aromatic carbocycles. The summed E-state index contributed by atoms with van der Waals surface area (Å²) >= 11 is 0. The molecule has 1 saturated heterocycles. The van der Waals surface area contributed by atoms with E-state index in [1.165, 1.54) is 43.4 Å². The fourth-order valence-electron chi connectivity index (χ4n) is 3.34. The van der Waals surface area contributed by atoms with Crippen LogP contribution < -0.4 is 0 Å². The summed E-state index contributed by atoms with van der Waals surface area (Å²) in [7, 11) is 0. The van der Waals surface area contributed by atoms with Crippen molar-refractivity contribution < 1.29 is 4.52 Å². The summed E-state index contributed by atoms with van der Waals surface area (Å²) in [5, 5.41) is 4.08. The summed E-state index contributed by atoms with van der Waals surface area (Å²) < 4.78 is 5.29. The Morgan fingerprint density at radius 2 is 2.05 bits per heavy atom. The van der Waals surface area contributed by atoms with Gasteiger partial charge in [0.2, 0.25) is 0 Å². The Morgan fingerprint density at radius 1 is 1.24 bits per heavy atom. The molecule has 0 saturated carbocycles. The molecule has 1 fully saturated rings. The minimum Gasteiger partial charge on any atom is -0.361 e. The average Bonchev–Trinajstić information content (AvgIpc) is 3.08. The molecule has 0 spiro atoms. The van der Waals surface area contributed by atoms with Crippen LogP contribution in [0.3, 0.4) is 0 Å². The van der Waals surface area contributed by atoms with E-state index < -0.39 is 0 Å². The average molecular weight is 284 g/mol. The molecule has 0 radical (unpaired) electrons. The van der Waals surface area contributed by atoms with Crippen LogP contribution in [0.25, 0.3) is 0 Å². The van der Waals surface area contributed by atoms with Gasteiger partial charge >= 0.3 is 0 Å².